The maximum Gasteiger partial charge on any atom is 0.132 e. The van der Waals surface area contributed by atoms with E-state index >= 15 is 0 Å². The van der Waals surface area contributed by atoms with Crippen LogP contribution in [-0.2, 0) is 14.3 Å². The number of rotatable bonds is 6. The lowest BCUT2D eigenvalue weighted by molar-refractivity contribution is -0.119. The molecule has 1 saturated heterocycles. The third kappa shape index (κ3) is 5.05. The van der Waals surface area contributed by atoms with Gasteiger partial charge in [-0.05, 0) is 20.8 Å². The summed E-state index contributed by atoms with van der Waals surface area (Å²) in [5, 5.41) is 0. The van der Waals surface area contributed by atoms with Crippen molar-refractivity contribution < 1.29 is 14.3 Å². The smallest absolute Gasteiger partial charge is 0.132 e. The molecule has 0 spiro atoms. The zero-order valence-corrected chi connectivity index (χ0v) is 10.6. The topological polar surface area (TPSA) is 38.8 Å². The molecule has 0 radical (unpaired) electrons. The van der Waals surface area contributed by atoms with Crippen molar-refractivity contribution in [3.63, 3.8) is 0 Å². The highest BCUT2D eigenvalue weighted by Gasteiger charge is 2.22. The molecule has 16 heavy (non-hydrogen) atoms. The van der Waals surface area contributed by atoms with Gasteiger partial charge in [0.25, 0.3) is 0 Å². The van der Waals surface area contributed by atoms with Gasteiger partial charge in [0.15, 0.2) is 0 Å². The highest BCUT2D eigenvalue weighted by Crippen LogP contribution is 2.09. The molecule has 1 atom stereocenters. The maximum atomic E-state index is 10.7. The lowest BCUT2D eigenvalue weighted by atomic mass is 10.2. The van der Waals surface area contributed by atoms with Crippen LogP contribution in [0.2, 0.25) is 0 Å². The molecule has 94 valence electrons. The molecule has 0 aromatic rings. The fourth-order valence-electron chi connectivity index (χ4n) is 1.74. The lowest BCUT2D eigenvalue weighted by Crippen LogP contribution is -2.47. The third-order valence-electron chi connectivity index (χ3n) is 2.80. The molecule has 1 heterocycles. The van der Waals surface area contributed by atoms with E-state index in [1.807, 2.05) is 0 Å². The van der Waals surface area contributed by atoms with Crippen LogP contribution in [0.3, 0.4) is 0 Å². The second kappa shape index (κ2) is 6.99. The van der Waals surface area contributed by atoms with Gasteiger partial charge in [-0.25, -0.2) is 0 Å². The van der Waals surface area contributed by atoms with Crippen LogP contribution in [0.25, 0.3) is 0 Å². The Kier molecular flexibility index (Phi) is 5.95. The van der Waals surface area contributed by atoms with E-state index in [2.05, 4.69) is 18.7 Å². The van der Waals surface area contributed by atoms with Crippen LogP contribution in [-0.4, -0.2) is 55.7 Å². The predicted octanol–water partition coefficient (Wildman–Crippen LogP) is 1.09. The van der Waals surface area contributed by atoms with E-state index in [0.717, 1.165) is 19.7 Å². The summed E-state index contributed by atoms with van der Waals surface area (Å²) in [4.78, 5) is 13.1. The number of nitrogens with zero attached hydrogens (tertiary/aromatic N) is 1. The van der Waals surface area contributed by atoms with E-state index < -0.39 is 0 Å². The number of Topliss-reactive ketones (excluding diaryl/α,β-unsaturated/α-hetero) is 1. The summed E-state index contributed by atoms with van der Waals surface area (Å²) >= 11 is 0. The van der Waals surface area contributed by atoms with Crippen molar-refractivity contribution in [2.45, 2.75) is 39.3 Å². The molecule has 0 bridgehead atoms. The number of morpholine rings is 1. The van der Waals surface area contributed by atoms with Crippen LogP contribution in [0.5, 0.6) is 0 Å². The van der Waals surface area contributed by atoms with E-state index in [1.54, 1.807) is 6.92 Å². The van der Waals surface area contributed by atoms with Gasteiger partial charge in [0.05, 0.1) is 25.9 Å². The summed E-state index contributed by atoms with van der Waals surface area (Å²) in [7, 11) is 0. The normalized spacial score (nSPS) is 22.6. The second-order valence-electron chi connectivity index (χ2n) is 4.61. The van der Waals surface area contributed by atoms with Crippen molar-refractivity contribution >= 4 is 5.78 Å². The maximum absolute atomic E-state index is 10.7. The summed E-state index contributed by atoms with van der Waals surface area (Å²) < 4.78 is 11.1. The van der Waals surface area contributed by atoms with Gasteiger partial charge in [-0.15, -0.1) is 0 Å². The molecule has 0 aliphatic carbocycles. The van der Waals surface area contributed by atoms with Crippen molar-refractivity contribution in [1.29, 1.82) is 0 Å². The Hall–Kier alpha value is -0.450. The van der Waals surface area contributed by atoms with Gasteiger partial charge < -0.3 is 9.47 Å². The molecular formula is C12H23NO3. The highest BCUT2D eigenvalue weighted by atomic mass is 16.5. The zero-order chi connectivity index (χ0) is 12.0. The first-order valence-corrected chi connectivity index (χ1v) is 6.02. The molecule has 0 amide bonds. The molecule has 0 N–H and O–H groups in total. The molecule has 4 heteroatoms. The molecule has 1 rings (SSSR count). The average molecular weight is 229 g/mol. The zero-order valence-electron chi connectivity index (χ0n) is 10.6. The number of carbonyl (C=O) groups excluding carboxylic acids is 1. The number of ketones is 1. The van der Waals surface area contributed by atoms with Crippen molar-refractivity contribution in [1.82, 2.24) is 4.90 Å². The summed E-state index contributed by atoms with van der Waals surface area (Å²) in [5.74, 6) is 0.174. The summed E-state index contributed by atoms with van der Waals surface area (Å²) in [5.41, 5.74) is 0. The molecule has 1 fully saturated rings. The van der Waals surface area contributed by atoms with E-state index in [-0.39, 0.29) is 11.9 Å². The molecule has 1 aliphatic rings. The first-order chi connectivity index (χ1) is 7.59. The number of hydrogen-bond donors (Lipinski definition) is 0. The van der Waals surface area contributed by atoms with Crippen LogP contribution in [0.1, 0.15) is 27.2 Å². The van der Waals surface area contributed by atoms with Gasteiger partial charge in [0.2, 0.25) is 0 Å². The van der Waals surface area contributed by atoms with E-state index in [1.165, 1.54) is 0 Å². The van der Waals surface area contributed by atoms with Crippen LogP contribution >= 0.6 is 0 Å². The molecule has 0 saturated carbocycles. The van der Waals surface area contributed by atoms with Gasteiger partial charge in [0.1, 0.15) is 5.78 Å². The predicted molar refractivity (Wildman–Crippen MR) is 62.6 cm³/mol. The quantitative estimate of drug-likeness (QED) is 0.639. The Labute approximate surface area is 97.9 Å². The van der Waals surface area contributed by atoms with Crippen LogP contribution in [0, 0.1) is 0 Å². The van der Waals surface area contributed by atoms with E-state index in [0.29, 0.717) is 25.7 Å². The number of carbonyl (C=O) groups is 1. The van der Waals surface area contributed by atoms with Crippen molar-refractivity contribution in [2.75, 3.05) is 32.9 Å². The molecule has 4 nitrogen and oxygen atoms in total. The number of hydrogen-bond acceptors (Lipinski definition) is 4. The monoisotopic (exact) mass is 229 g/mol. The third-order valence-corrected chi connectivity index (χ3v) is 2.80. The van der Waals surface area contributed by atoms with Crippen LogP contribution in [0.15, 0.2) is 0 Å². The Morgan fingerprint density at radius 1 is 1.56 bits per heavy atom. The van der Waals surface area contributed by atoms with Crippen LogP contribution in [0.4, 0.5) is 0 Å². The first kappa shape index (κ1) is 13.6. The van der Waals surface area contributed by atoms with Crippen LogP contribution < -0.4 is 0 Å². The van der Waals surface area contributed by atoms with Gasteiger partial charge in [-0.2, -0.15) is 0 Å². The molecule has 0 unspecified atom stereocenters. The first-order valence-electron chi connectivity index (χ1n) is 6.02. The SMILES string of the molecule is CC(=O)CCOC[C@@H]1CN(C(C)C)CCO1. The minimum atomic E-state index is 0.156. The summed E-state index contributed by atoms with van der Waals surface area (Å²) in [6.45, 7) is 9.78. The minimum absolute atomic E-state index is 0.156. The standard InChI is InChI=1S/C12H23NO3/c1-10(2)13-5-7-16-12(8-13)9-15-6-4-11(3)14/h10,12H,4-9H2,1-3H3/t12-/m0/s1. The number of ether oxygens (including phenoxy) is 2. The fourth-order valence-corrected chi connectivity index (χ4v) is 1.74. The Bertz CT molecular complexity index is 218. The van der Waals surface area contributed by atoms with Gasteiger partial charge in [-0.3, -0.25) is 9.69 Å². The van der Waals surface area contributed by atoms with Crippen molar-refractivity contribution in [2.24, 2.45) is 0 Å². The Balaban J connectivity index is 2.14. The van der Waals surface area contributed by atoms with E-state index in [9.17, 15) is 4.79 Å². The fraction of sp³-hybridized carbons (Fsp3) is 0.917. The molecule has 0 aromatic carbocycles. The van der Waals surface area contributed by atoms with Crippen molar-refractivity contribution in [3.8, 4) is 0 Å². The largest absolute Gasteiger partial charge is 0.378 e. The molecular weight excluding hydrogens is 206 g/mol. The van der Waals surface area contributed by atoms with Crippen molar-refractivity contribution in [3.05, 3.63) is 0 Å². The lowest BCUT2D eigenvalue weighted by Gasteiger charge is -2.35. The van der Waals surface area contributed by atoms with Gasteiger partial charge in [0, 0.05) is 25.6 Å². The molecule has 1 aliphatic heterocycles. The minimum Gasteiger partial charge on any atom is -0.378 e. The van der Waals surface area contributed by atoms with E-state index in [4.69, 9.17) is 9.47 Å². The Morgan fingerprint density at radius 2 is 2.31 bits per heavy atom. The van der Waals surface area contributed by atoms with Gasteiger partial charge >= 0.3 is 0 Å². The average Bonchev–Trinajstić information content (AvgIpc) is 2.24. The highest BCUT2D eigenvalue weighted by molar-refractivity contribution is 5.75. The summed E-state index contributed by atoms with van der Waals surface area (Å²) in [6.07, 6.45) is 0.656. The van der Waals surface area contributed by atoms with Gasteiger partial charge in [-0.1, -0.05) is 0 Å². The second-order valence-corrected chi connectivity index (χ2v) is 4.61. The Morgan fingerprint density at radius 3 is 2.94 bits per heavy atom. The summed E-state index contributed by atoms with van der Waals surface area (Å²) in [6, 6.07) is 0.559. The molecule has 0 aromatic heterocycles.